The highest BCUT2D eigenvalue weighted by Crippen LogP contribution is 2.28. The van der Waals surface area contributed by atoms with Gasteiger partial charge in [-0.05, 0) is 17.7 Å². The highest BCUT2D eigenvalue weighted by molar-refractivity contribution is 7.80. The minimum atomic E-state index is -4.42. The van der Waals surface area contributed by atoms with E-state index in [-0.39, 0.29) is 12.5 Å². The monoisotopic (exact) mass is 251 g/mol. The molecule has 0 saturated heterocycles. The van der Waals surface area contributed by atoms with Crippen molar-refractivity contribution >= 4 is 12.6 Å². The lowest BCUT2D eigenvalue weighted by atomic mass is 10.2. The Morgan fingerprint density at radius 2 is 2.06 bits per heavy atom. The minimum absolute atomic E-state index is 0.0458. The summed E-state index contributed by atoms with van der Waals surface area (Å²) in [7, 11) is 0. The van der Waals surface area contributed by atoms with Crippen LogP contribution in [0, 0.1) is 5.92 Å². The van der Waals surface area contributed by atoms with Gasteiger partial charge in [0.25, 0.3) is 5.56 Å². The third kappa shape index (κ3) is 3.30. The maximum absolute atomic E-state index is 12.4. The molecule has 6 heteroatoms. The Kier molecular flexibility index (Phi) is 4.07. The predicted octanol–water partition coefficient (Wildman–Crippen LogP) is 2.43. The van der Waals surface area contributed by atoms with E-state index in [9.17, 15) is 18.0 Å². The first-order chi connectivity index (χ1) is 7.34. The number of alkyl halides is 3. The van der Waals surface area contributed by atoms with E-state index in [1.54, 1.807) is 0 Å². The smallest absolute Gasteiger partial charge is 0.315 e. The molecule has 0 spiro atoms. The largest absolute Gasteiger partial charge is 0.417 e. The van der Waals surface area contributed by atoms with Crippen LogP contribution in [-0.4, -0.2) is 10.3 Å². The van der Waals surface area contributed by atoms with Crippen LogP contribution in [0.2, 0.25) is 0 Å². The third-order valence-electron chi connectivity index (χ3n) is 2.13. The Morgan fingerprint density at radius 3 is 2.56 bits per heavy atom. The van der Waals surface area contributed by atoms with Crippen molar-refractivity contribution < 1.29 is 13.2 Å². The molecule has 1 heterocycles. The second-order valence-electron chi connectivity index (χ2n) is 3.69. The van der Waals surface area contributed by atoms with E-state index in [0.29, 0.717) is 5.75 Å². The predicted molar refractivity (Wildman–Crippen MR) is 58.7 cm³/mol. The lowest BCUT2D eigenvalue weighted by Gasteiger charge is -2.13. The highest BCUT2D eigenvalue weighted by atomic mass is 32.1. The lowest BCUT2D eigenvalue weighted by Crippen LogP contribution is -2.24. The number of hydrogen-bond donors (Lipinski definition) is 1. The third-order valence-corrected chi connectivity index (χ3v) is 2.75. The topological polar surface area (TPSA) is 22.0 Å². The molecule has 0 aliphatic carbocycles. The van der Waals surface area contributed by atoms with Crippen molar-refractivity contribution in [2.75, 3.05) is 5.75 Å². The Hall–Kier alpha value is -0.910. The summed E-state index contributed by atoms with van der Waals surface area (Å²) >= 11 is 4.03. The van der Waals surface area contributed by atoms with Crippen LogP contribution in [0.15, 0.2) is 23.1 Å². The van der Waals surface area contributed by atoms with Crippen LogP contribution >= 0.6 is 12.6 Å². The van der Waals surface area contributed by atoms with E-state index >= 15 is 0 Å². The fourth-order valence-corrected chi connectivity index (χ4v) is 1.35. The summed E-state index contributed by atoms with van der Waals surface area (Å²) in [4.78, 5) is 11.3. The average Bonchev–Trinajstić information content (AvgIpc) is 2.19. The van der Waals surface area contributed by atoms with Gasteiger partial charge in [-0.1, -0.05) is 6.92 Å². The zero-order chi connectivity index (χ0) is 12.3. The van der Waals surface area contributed by atoms with Gasteiger partial charge in [0.2, 0.25) is 0 Å². The van der Waals surface area contributed by atoms with Gasteiger partial charge in [-0.25, -0.2) is 0 Å². The van der Waals surface area contributed by atoms with Gasteiger partial charge in [0.15, 0.2) is 0 Å². The number of halogens is 3. The number of hydrogen-bond acceptors (Lipinski definition) is 2. The summed E-state index contributed by atoms with van der Waals surface area (Å²) in [5, 5.41) is 0. The number of aromatic nitrogens is 1. The first-order valence-electron chi connectivity index (χ1n) is 4.73. The molecule has 16 heavy (non-hydrogen) atoms. The van der Waals surface area contributed by atoms with Crippen LogP contribution in [0.1, 0.15) is 12.5 Å². The summed E-state index contributed by atoms with van der Waals surface area (Å²) < 4.78 is 38.2. The molecule has 1 atom stereocenters. The zero-order valence-electron chi connectivity index (χ0n) is 8.66. The number of rotatable bonds is 3. The zero-order valence-corrected chi connectivity index (χ0v) is 9.55. The lowest BCUT2D eigenvalue weighted by molar-refractivity contribution is -0.138. The molecular weight excluding hydrogens is 239 g/mol. The van der Waals surface area contributed by atoms with Crippen LogP contribution < -0.4 is 5.56 Å². The van der Waals surface area contributed by atoms with E-state index < -0.39 is 17.3 Å². The van der Waals surface area contributed by atoms with Gasteiger partial charge in [0.1, 0.15) is 0 Å². The number of thiol groups is 1. The van der Waals surface area contributed by atoms with Gasteiger partial charge >= 0.3 is 6.18 Å². The van der Waals surface area contributed by atoms with E-state index in [2.05, 4.69) is 12.6 Å². The van der Waals surface area contributed by atoms with Crippen molar-refractivity contribution in [3.63, 3.8) is 0 Å². The van der Waals surface area contributed by atoms with Crippen LogP contribution in [-0.2, 0) is 12.7 Å². The molecule has 0 N–H and O–H groups in total. The van der Waals surface area contributed by atoms with Crippen molar-refractivity contribution in [1.82, 2.24) is 4.57 Å². The molecule has 0 radical (unpaired) electrons. The molecule has 0 aliphatic heterocycles. The molecule has 90 valence electrons. The first kappa shape index (κ1) is 13.2. The molecule has 0 aliphatic rings. The quantitative estimate of drug-likeness (QED) is 0.819. The van der Waals surface area contributed by atoms with E-state index in [0.717, 1.165) is 22.9 Å². The standard InChI is InChI=1S/C10H12F3NOS/c1-7(6-16)4-14-5-8(10(11,12)13)2-3-9(14)15/h2-3,5,7,16H,4,6H2,1H3. The Morgan fingerprint density at radius 1 is 1.44 bits per heavy atom. The molecule has 1 rings (SSSR count). The second kappa shape index (κ2) is 4.95. The van der Waals surface area contributed by atoms with Gasteiger partial charge in [0, 0.05) is 18.8 Å². The van der Waals surface area contributed by atoms with Crippen LogP contribution in [0.25, 0.3) is 0 Å². The van der Waals surface area contributed by atoms with Crippen LogP contribution in [0.4, 0.5) is 13.2 Å². The number of nitrogens with zero attached hydrogens (tertiary/aromatic N) is 1. The first-order valence-corrected chi connectivity index (χ1v) is 5.36. The molecular formula is C10H12F3NOS. The second-order valence-corrected chi connectivity index (χ2v) is 4.06. The molecule has 1 aromatic rings. The minimum Gasteiger partial charge on any atom is -0.315 e. The molecule has 2 nitrogen and oxygen atoms in total. The molecule has 0 saturated carbocycles. The Balaban J connectivity index is 3.05. The summed E-state index contributed by atoms with van der Waals surface area (Å²) in [6.07, 6.45) is -3.57. The van der Waals surface area contributed by atoms with Crippen molar-refractivity contribution in [1.29, 1.82) is 0 Å². The van der Waals surface area contributed by atoms with Gasteiger partial charge in [-0.15, -0.1) is 0 Å². The highest BCUT2D eigenvalue weighted by Gasteiger charge is 2.31. The van der Waals surface area contributed by atoms with Crippen molar-refractivity contribution in [2.24, 2.45) is 5.92 Å². The summed E-state index contributed by atoms with van der Waals surface area (Å²) in [5.74, 6) is 0.562. The molecule has 1 aromatic heterocycles. The summed E-state index contributed by atoms with van der Waals surface area (Å²) in [6, 6.07) is 1.73. The van der Waals surface area contributed by atoms with Crippen molar-refractivity contribution in [3.05, 3.63) is 34.2 Å². The van der Waals surface area contributed by atoms with Gasteiger partial charge in [-0.2, -0.15) is 25.8 Å². The molecule has 0 aromatic carbocycles. The Labute approximate surface area is 96.5 Å². The molecule has 1 unspecified atom stereocenters. The van der Waals surface area contributed by atoms with Crippen molar-refractivity contribution in [3.8, 4) is 0 Å². The van der Waals surface area contributed by atoms with Gasteiger partial charge in [0.05, 0.1) is 5.56 Å². The van der Waals surface area contributed by atoms with E-state index in [4.69, 9.17) is 0 Å². The van der Waals surface area contributed by atoms with Crippen LogP contribution in [0.3, 0.4) is 0 Å². The maximum atomic E-state index is 12.4. The van der Waals surface area contributed by atoms with E-state index in [1.165, 1.54) is 0 Å². The van der Waals surface area contributed by atoms with E-state index in [1.807, 2.05) is 6.92 Å². The fourth-order valence-electron chi connectivity index (χ4n) is 1.24. The fraction of sp³-hybridized carbons (Fsp3) is 0.500. The number of pyridine rings is 1. The van der Waals surface area contributed by atoms with Gasteiger partial charge < -0.3 is 4.57 Å². The SMILES string of the molecule is CC(CS)Cn1cc(C(F)(F)F)ccc1=O. The normalized spacial score (nSPS) is 13.8. The summed E-state index contributed by atoms with van der Waals surface area (Å²) in [5.41, 5.74) is -1.24. The molecule has 0 fully saturated rings. The molecule has 0 bridgehead atoms. The summed E-state index contributed by atoms with van der Waals surface area (Å²) in [6.45, 7) is 2.06. The van der Waals surface area contributed by atoms with Crippen LogP contribution in [0.5, 0.6) is 0 Å². The molecule has 0 amide bonds. The van der Waals surface area contributed by atoms with Crippen molar-refractivity contribution in [2.45, 2.75) is 19.6 Å². The van der Waals surface area contributed by atoms with Gasteiger partial charge in [-0.3, -0.25) is 4.79 Å². The average molecular weight is 251 g/mol. The maximum Gasteiger partial charge on any atom is 0.417 e. The Bertz CT molecular complexity index is 413.